The Hall–Kier alpha value is -1.71. The number of aryl methyl sites for hydroxylation is 1. The van der Waals surface area contributed by atoms with Crippen LogP contribution in [-0.4, -0.2) is 41.1 Å². The van der Waals surface area contributed by atoms with Gasteiger partial charge in [-0.3, -0.25) is 4.79 Å². The largest absolute Gasteiger partial charge is 1.00 e. The number of carboxylic acids is 1. The van der Waals surface area contributed by atoms with Crippen molar-refractivity contribution in [3.05, 3.63) is 59.2 Å². The van der Waals surface area contributed by atoms with E-state index < -0.39 is 12.0 Å². The van der Waals surface area contributed by atoms with Crippen LogP contribution in [0.4, 0.5) is 0 Å². The van der Waals surface area contributed by atoms with Gasteiger partial charge in [0.2, 0.25) is 0 Å². The summed E-state index contributed by atoms with van der Waals surface area (Å²) in [5, 5.41) is 16.5. The number of carbonyl (C=O) groups is 2. The van der Waals surface area contributed by atoms with E-state index in [1.165, 1.54) is 50.5 Å². The van der Waals surface area contributed by atoms with Gasteiger partial charge in [-0.25, -0.2) is 4.79 Å². The molecule has 0 spiro atoms. The van der Waals surface area contributed by atoms with Crippen LogP contribution >= 0.6 is 11.8 Å². The van der Waals surface area contributed by atoms with Gasteiger partial charge in [0.25, 0.3) is 5.91 Å². The number of carboxylic acid groups (broad SMARTS) is 1. The average molecular weight is 547 g/mol. The van der Waals surface area contributed by atoms with Crippen LogP contribution < -0.4 is 29.5 Å². The van der Waals surface area contributed by atoms with Crippen molar-refractivity contribution >= 4 is 23.6 Å². The Morgan fingerprint density at radius 2 is 1.77 bits per heavy atom. The van der Waals surface area contributed by atoms with Gasteiger partial charge in [0.15, 0.2) is 0 Å². The Morgan fingerprint density at radius 3 is 2.38 bits per heavy atom. The van der Waals surface area contributed by atoms with Gasteiger partial charge in [-0.15, -0.1) is 0 Å². The third-order valence-electron chi connectivity index (χ3n) is 7.98. The van der Waals surface area contributed by atoms with Crippen LogP contribution in [-0.2, 0) is 4.79 Å². The smallest absolute Gasteiger partial charge is 1.00 e. The molecule has 3 rings (SSSR count). The second kappa shape index (κ2) is 17.2. The molecule has 3 N–H and O–H groups in total. The van der Waals surface area contributed by atoms with Crippen LogP contribution in [0.1, 0.15) is 101 Å². The normalized spacial score (nSPS) is 16.1. The first-order chi connectivity index (χ1) is 18.4. The molecule has 1 aliphatic rings. The minimum absolute atomic E-state index is 0. The van der Waals surface area contributed by atoms with Crippen molar-refractivity contribution in [2.75, 3.05) is 12.0 Å². The van der Waals surface area contributed by atoms with Crippen molar-refractivity contribution in [2.45, 2.75) is 96.7 Å². The molecule has 2 aromatic rings. The Labute approximate surface area is 253 Å². The van der Waals surface area contributed by atoms with Crippen LogP contribution in [0.2, 0.25) is 0 Å². The molecule has 0 aromatic heterocycles. The summed E-state index contributed by atoms with van der Waals surface area (Å²) in [6, 6.07) is 14.0. The molecular formula is C32H47LiN2O3S. The third-order valence-corrected chi connectivity index (χ3v) is 8.63. The summed E-state index contributed by atoms with van der Waals surface area (Å²) in [5.74, 6) is 0.0644. The van der Waals surface area contributed by atoms with E-state index in [9.17, 15) is 14.7 Å². The molecule has 0 aliphatic heterocycles. The van der Waals surface area contributed by atoms with E-state index in [0.717, 1.165) is 29.0 Å². The molecule has 3 unspecified atom stereocenters. The molecule has 1 saturated carbocycles. The van der Waals surface area contributed by atoms with Crippen molar-refractivity contribution in [3.63, 3.8) is 0 Å². The summed E-state index contributed by atoms with van der Waals surface area (Å²) in [5.41, 5.74) is 4.64. The fourth-order valence-corrected chi connectivity index (χ4v) is 6.29. The van der Waals surface area contributed by atoms with Gasteiger partial charge >= 0.3 is 24.8 Å². The molecule has 7 heteroatoms. The summed E-state index contributed by atoms with van der Waals surface area (Å²) in [6.45, 7) is 6.54. The fraction of sp³-hybridized carbons (Fsp3) is 0.562. The molecule has 5 nitrogen and oxygen atoms in total. The average Bonchev–Trinajstić information content (AvgIpc) is 2.93. The van der Waals surface area contributed by atoms with Gasteiger partial charge in [0.05, 0.1) is 0 Å². The quantitative estimate of drug-likeness (QED) is 0.304. The second-order valence-corrected chi connectivity index (χ2v) is 11.7. The topological polar surface area (TPSA) is 78.4 Å². The molecule has 1 amide bonds. The van der Waals surface area contributed by atoms with Gasteiger partial charge in [0, 0.05) is 17.6 Å². The molecule has 2 aromatic carbocycles. The van der Waals surface area contributed by atoms with E-state index in [-0.39, 0.29) is 32.2 Å². The number of hydrogen-bond donors (Lipinski definition) is 3. The van der Waals surface area contributed by atoms with Crippen LogP contribution in [0.5, 0.6) is 0 Å². The number of aliphatic carboxylic acids is 1. The van der Waals surface area contributed by atoms with Crippen molar-refractivity contribution in [1.29, 1.82) is 0 Å². The summed E-state index contributed by atoms with van der Waals surface area (Å²) in [7, 11) is 0. The van der Waals surface area contributed by atoms with Crippen molar-refractivity contribution in [3.8, 4) is 11.1 Å². The Morgan fingerprint density at radius 1 is 1.05 bits per heavy atom. The van der Waals surface area contributed by atoms with E-state index in [1.54, 1.807) is 11.8 Å². The van der Waals surface area contributed by atoms with E-state index in [1.807, 2.05) is 30.5 Å². The zero-order valence-electron chi connectivity index (χ0n) is 25.6. The molecule has 0 saturated heterocycles. The maximum Gasteiger partial charge on any atom is 1.00 e. The maximum absolute atomic E-state index is 13.5. The maximum atomic E-state index is 13.5. The van der Waals surface area contributed by atoms with Gasteiger partial charge in [0.1, 0.15) is 6.04 Å². The number of amides is 1. The molecular weight excluding hydrogens is 499 g/mol. The number of thioether (sulfide) groups is 1. The van der Waals surface area contributed by atoms with E-state index >= 15 is 0 Å². The Bertz CT molecular complexity index is 1060. The summed E-state index contributed by atoms with van der Waals surface area (Å²) >= 11 is 1.58. The third kappa shape index (κ3) is 9.42. The molecule has 210 valence electrons. The minimum atomic E-state index is -0.999. The molecule has 1 fully saturated rings. The predicted octanol–water partition coefficient (Wildman–Crippen LogP) is 4.50. The molecule has 1 aliphatic carbocycles. The van der Waals surface area contributed by atoms with Crippen LogP contribution in [0.25, 0.3) is 11.1 Å². The Kier molecular flexibility index (Phi) is 14.8. The predicted molar refractivity (Wildman–Crippen MR) is 161 cm³/mol. The van der Waals surface area contributed by atoms with Crippen molar-refractivity contribution in [2.24, 2.45) is 5.92 Å². The van der Waals surface area contributed by atoms with Crippen LogP contribution in [0.3, 0.4) is 0 Å². The molecule has 39 heavy (non-hydrogen) atoms. The first-order valence-electron chi connectivity index (χ1n) is 14.4. The fourth-order valence-electron chi connectivity index (χ4n) is 5.81. The van der Waals surface area contributed by atoms with Gasteiger partial charge in [-0.1, -0.05) is 69.9 Å². The first-order valence-corrected chi connectivity index (χ1v) is 15.8. The molecule has 0 bridgehead atoms. The van der Waals surface area contributed by atoms with E-state index in [4.69, 9.17) is 0 Å². The van der Waals surface area contributed by atoms with Crippen LogP contribution in [0, 0.1) is 12.8 Å². The second-order valence-electron chi connectivity index (χ2n) is 10.7. The minimum Gasteiger partial charge on any atom is -1.00 e. The van der Waals surface area contributed by atoms with Crippen LogP contribution in [0.15, 0.2) is 42.5 Å². The monoisotopic (exact) mass is 546 g/mol. The number of nitrogens with one attached hydrogen (secondary N) is 2. The number of carbonyl (C=O) groups excluding carboxylic acids is 1. The van der Waals surface area contributed by atoms with Crippen molar-refractivity contribution < 1.29 is 35.0 Å². The molecule has 0 heterocycles. The van der Waals surface area contributed by atoms with Gasteiger partial charge < -0.3 is 17.2 Å². The first kappa shape index (κ1) is 33.5. The summed E-state index contributed by atoms with van der Waals surface area (Å²) in [6.07, 6.45) is 12.3. The van der Waals surface area contributed by atoms with Gasteiger partial charge in [-0.2, -0.15) is 11.8 Å². The van der Waals surface area contributed by atoms with E-state index in [0.29, 0.717) is 23.8 Å². The zero-order valence-corrected chi connectivity index (χ0v) is 25.4. The Balaban J connectivity index is 0.00000400. The molecule has 0 radical (unpaired) electrons. The summed E-state index contributed by atoms with van der Waals surface area (Å²) < 4.78 is 0. The number of benzene rings is 2. The van der Waals surface area contributed by atoms with Gasteiger partial charge in [-0.05, 0) is 91.3 Å². The van der Waals surface area contributed by atoms with E-state index in [2.05, 4.69) is 49.6 Å². The SMILES string of the molecule is CCCC(NC(CC)c1ccc(C(=O)NC(CCSC)C(=O)O)c(-c2ccccc2C)c1)C1CCCCC1.[H-].[Li+]. The van der Waals surface area contributed by atoms with Crippen molar-refractivity contribution in [1.82, 2.24) is 10.6 Å². The number of hydrogen-bond acceptors (Lipinski definition) is 4. The summed E-state index contributed by atoms with van der Waals surface area (Å²) in [4.78, 5) is 25.3. The molecule has 3 atom stereocenters. The number of rotatable bonds is 14. The zero-order chi connectivity index (χ0) is 27.5. The standard InChI is InChI=1S/C32H46N2O3S.Li.H/c1-5-12-29(23-14-8-7-9-15-23)33-28(6-2)24-17-18-26(27(21-24)25-16-11-10-13-22(25)3)31(35)34-30(32(36)37)19-20-38-4;;/h10-11,13,16-18,21,23,28-30,33H,5-9,12,14-15,19-20H2,1-4H3,(H,34,35)(H,36,37);;/q;+1;-1.